The molecule has 1 spiro atoms. The van der Waals surface area contributed by atoms with E-state index in [1.807, 2.05) is 0 Å². The summed E-state index contributed by atoms with van der Waals surface area (Å²) in [5.74, 6) is 0.566. The maximum atomic E-state index is 12.5. The molecule has 0 bridgehead atoms. The number of carbonyl (C=O) groups is 1. The fraction of sp³-hybridized carbons (Fsp3) is 0.611. The number of piperidine rings is 1. The summed E-state index contributed by atoms with van der Waals surface area (Å²) in [7, 11) is 0. The molecule has 1 aromatic carbocycles. The Morgan fingerprint density at radius 3 is 2.65 bits per heavy atom. The van der Waals surface area contributed by atoms with Crippen molar-refractivity contribution in [2.24, 2.45) is 11.3 Å². The van der Waals surface area contributed by atoms with Crippen molar-refractivity contribution in [3.8, 4) is 0 Å². The first-order valence-corrected chi connectivity index (χ1v) is 9.18. The normalized spacial score (nSPS) is 26.2. The summed E-state index contributed by atoms with van der Waals surface area (Å²) in [4.78, 5) is 12.5. The predicted octanol–water partition coefficient (Wildman–Crippen LogP) is 3.41. The number of halogens is 2. The Labute approximate surface area is 152 Å². The van der Waals surface area contributed by atoms with Crippen LogP contribution in [-0.2, 0) is 10.2 Å². The van der Waals surface area contributed by atoms with E-state index >= 15 is 0 Å². The lowest BCUT2D eigenvalue weighted by molar-refractivity contribution is -0.123. The molecule has 3 aliphatic rings. The number of nitrogens with one attached hydrogen (secondary N) is 2. The topological polar surface area (TPSA) is 41.1 Å². The molecule has 0 aromatic heterocycles. The number of hydrogen-bond acceptors (Lipinski definition) is 2. The van der Waals surface area contributed by atoms with E-state index in [2.05, 4.69) is 50.8 Å². The number of carbonyl (C=O) groups excluding carboxylic acids is 1. The molecule has 1 heterocycles. The van der Waals surface area contributed by atoms with Gasteiger partial charge in [0.15, 0.2) is 0 Å². The largest absolute Gasteiger partial charge is 0.355 e. The highest BCUT2D eigenvalue weighted by Crippen LogP contribution is 2.58. The van der Waals surface area contributed by atoms with Crippen LogP contribution in [0.3, 0.4) is 0 Å². The van der Waals surface area contributed by atoms with Crippen molar-refractivity contribution in [1.82, 2.24) is 10.6 Å². The Kier molecular flexibility index (Phi) is 4.78. The Morgan fingerprint density at radius 1 is 1.26 bits per heavy atom. The second-order valence-electron chi connectivity index (χ2n) is 7.38. The first kappa shape index (κ1) is 17.2. The summed E-state index contributed by atoms with van der Waals surface area (Å²) < 4.78 is 1.12. The molecule has 2 aliphatic carbocycles. The molecule has 3 nitrogen and oxygen atoms in total. The van der Waals surface area contributed by atoms with E-state index in [9.17, 15) is 4.79 Å². The van der Waals surface area contributed by atoms with E-state index in [0.29, 0.717) is 11.3 Å². The van der Waals surface area contributed by atoms with Gasteiger partial charge in [-0.2, -0.15) is 0 Å². The molecule has 1 aliphatic heterocycles. The monoisotopic (exact) mass is 398 g/mol. The molecule has 1 aromatic rings. The van der Waals surface area contributed by atoms with Crippen LogP contribution >= 0.6 is 28.3 Å². The van der Waals surface area contributed by atoms with Gasteiger partial charge in [-0.15, -0.1) is 12.4 Å². The van der Waals surface area contributed by atoms with Crippen LogP contribution in [0.4, 0.5) is 0 Å². The number of benzene rings is 1. The summed E-state index contributed by atoms with van der Waals surface area (Å²) >= 11 is 3.55. The molecule has 3 fully saturated rings. The van der Waals surface area contributed by atoms with Gasteiger partial charge in [-0.1, -0.05) is 28.1 Å². The van der Waals surface area contributed by atoms with Gasteiger partial charge in [0, 0.05) is 22.4 Å². The van der Waals surface area contributed by atoms with Gasteiger partial charge in [0.1, 0.15) is 0 Å². The third-order valence-corrected chi connectivity index (χ3v) is 6.49. The third-order valence-electron chi connectivity index (χ3n) is 6.00. The lowest BCUT2D eigenvalue weighted by atomic mass is 9.91. The molecule has 1 saturated heterocycles. The fourth-order valence-electron chi connectivity index (χ4n) is 4.11. The summed E-state index contributed by atoms with van der Waals surface area (Å²) in [5.41, 5.74) is 1.88. The van der Waals surface area contributed by atoms with Crippen molar-refractivity contribution in [3.63, 3.8) is 0 Å². The van der Waals surface area contributed by atoms with Gasteiger partial charge in [-0.25, -0.2) is 0 Å². The van der Waals surface area contributed by atoms with Gasteiger partial charge < -0.3 is 10.6 Å². The number of hydrogen-bond donors (Lipinski definition) is 2. The Bertz CT molecular complexity index is 596. The zero-order valence-electron chi connectivity index (χ0n) is 13.2. The molecular formula is C18H24BrClN2O. The van der Waals surface area contributed by atoms with Crippen LogP contribution in [0.1, 0.15) is 37.7 Å². The van der Waals surface area contributed by atoms with Crippen molar-refractivity contribution in [1.29, 1.82) is 0 Å². The summed E-state index contributed by atoms with van der Waals surface area (Å²) in [6, 6.07) is 8.54. The second kappa shape index (κ2) is 6.38. The first-order chi connectivity index (χ1) is 10.6. The highest BCUT2D eigenvalue weighted by molar-refractivity contribution is 9.10. The minimum atomic E-state index is 0. The average Bonchev–Trinajstić information content (AvgIpc) is 3.43. The van der Waals surface area contributed by atoms with Gasteiger partial charge >= 0.3 is 0 Å². The summed E-state index contributed by atoms with van der Waals surface area (Å²) in [5, 5.41) is 6.66. The Hall–Kier alpha value is -0.580. The van der Waals surface area contributed by atoms with Crippen LogP contribution in [-0.4, -0.2) is 25.5 Å². The lowest BCUT2D eigenvalue weighted by Gasteiger charge is -2.23. The Morgan fingerprint density at radius 2 is 2.00 bits per heavy atom. The maximum absolute atomic E-state index is 12.5. The Balaban J connectivity index is 0.00000156. The molecule has 5 heteroatoms. The van der Waals surface area contributed by atoms with E-state index in [1.54, 1.807) is 0 Å². The number of rotatable bonds is 4. The van der Waals surface area contributed by atoms with Crippen molar-refractivity contribution in [2.45, 2.75) is 37.5 Å². The third kappa shape index (κ3) is 3.31. The zero-order chi connectivity index (χ0) is 15.2. The van der Waals surface area contributed by atoms with E-state index < -0.39 is 0 Å². The van der Waals surface area contributed by atoms with Gasteiger partial charge in [0.2, 0.25) is 5.91 Å². The van der Waals surface area contributed by atoms with Crippen LogP contribution in [0, 0.1) is 11.3 Å². The fourth-order valence-corrected chi connectivity index (χ4v) is 4.51. The van der Waals surface area contributed by atoms with Gasteiger partial charge in [-0.3, -0.25) is 4.79 Å². The molecule has 0 radical (unpaired) electrons. The van der Waals surface area contributed by atoms with Crippen molar-refractivity contribution < 1.29 is 4.79 Å². The van der Waals surface area contributed by atoms with Crippen molar-refractivity contribution >= 4 is 34.2 Å². The molecule has 23 heavy (non-hydrogen) atoms. The second-order valence-corrected chi connectivity index (χ2v) is 8.29. The maximum Gasteiger partial charge on any atom is 0.223 e. The molecule has 2 saturated carbocycles. The minimum Gasteiger partial charge on any atom is -0.355 e. The predicted molar refractivity (Wildman–Crippen MR) is 98.0 cm³/mol. The van der Waals surface area contributed by atoms with Crippen LogP contribution < -0.4 is 10.6 Å². The highest BCUT2D eigenvalue weighted by Gasteiger charge is 2.58. The molecule has 2 N–H and O–H groups in total. The smallest absolute Gasteiger partial charge is 0.223 e. The van der Waals surface area contributed by atoms with Crippen LogP contribution in [0.5, 0.6) is 0 Å². The summed E-state index contributed by atoms with van der Waals surface area (Å²) in [6.07, 6.45) is 5.81. The van der Waals surface area contributed by atoms with Gasteiger partial charge in [0.25, 0.3) is 0 Å². The first-order valence-electron chi connectivity index (χ1n) is 8.38. The van der Waals surface area contributed by atoms with E-state index in [-0.39, 0.29) is 23.7 Å². The molecular weight excluding hydrogens is 376 g/mol. The number of amides is 1. The zero-order valence-corrected chi connectivity index (χ0v) is 15.6. The van der Waals surface area contributed by atoms with Gasteiger partial charge in [0.05, 0.1) is 0 Å². The molecule has 1 atom stereocenters. The van der Waals surface area contributed by atoms with Gasteiger partial charge in [-0.05, 0) is 68.3 Å². The van der Waals surface area contributed by atoms with Crippen LogP contribution in [0.15, 0.2) is 28.7 Å². The van der Waals surface area contributed by atoms with E-state index in [0.717, 1.165) is 30.5 Å². The minimum absolute atomic E-state index is 0. The molecule has 4 rings (SSSR count). The lowest BCUT2D eigenvalue weighted by Crippen LogP contribution is -2.36. The summed E-state index contributed by atoms with van der Waals surface area (Å²) in [6.45, 7) is 2.95. The standard InChI is InChI=1S/C18H23BrN2O.ClH/c19-14-3-1-2-13(10-14)18(4-5-18)12-21-16(22)15-11-17(15)6-8-20-9-7-17;/h1-3,10,15,20H,4-9,11-12H2,(H,21,22);1H. The van der Waals surface area contributed by atoms with E-state index in [1.165, 1.54) is 31.2 Å². The molecule has 1 amide bonds. The van der Waals surface area contributed by atoms with E-state index in [4.69, 9.17) is 0 Å². The quantitative estimate of drug-likeness (QED) is 0.814. The van der Waals surface area contributed by atoms with Crippen molar-refractivity contribution in [2.75, 3.05) is 19.6 Å². The highest BCUT2D eigenvalue weighted by atomic mass is 79.9. The SMILES string of the molecule is Cl.O=C(NCC1(c2cccc(Br)c2)CC1)C1CC12CCNCC2. The average molecular weight is 400 g/mol. The molecule has 1 unspecified atom stereocenters. The van der Waals surface area contributed by atoms with Crippen LogP contribution in [0.2, 0.25) is 0 Å². The van der Waals surface area contributed by atoms with Crippen molar-refractivity contribution in [3.05, 3.63) is 34.3 Å². The molecule has 126 valence electrons. The van der Waals surface area contributed by atoms with Crippen LogP contribution in [0.25, 0.3) is 0 Å².